The molecule has 0 radical (unpaired) electrons. The number of ether oxygens (including phenoxy) is 1. The molecule has 0 aliphatic carbocycles. The molecule has 0 aromatic carbocycles. The maximum absolute atomic E-state index is 10.8. The summed E-state index contributed by atoms with van der Waals surface area (Å²) < 4.78 is 11.6. The van der Waals surface area contributed by atoms with Crippen molar-refractivity contribution in [3.63, 3.8) is 0 Å². The Bertz CT molecular complexity index is 246. The first kappa shape index (κ1) is 16.8. The molecule has 0 amide bonds. The number of carbonyl (C=O) groups excluding carboxylic acids is 1. The van der Waals surface area contributed by atoms with E-state index in [9.17, 15) is 4.79 Å². The Balaban J connectivity index is 4.72. The summed E-state index contributed by atoms with van der Waals surface area (Å²) in [6.07, 6.45) is 0.711. The Morgan fingerprint density at radius 2 is 1.65 bits per heavy atom. The molecule has 17 heavy (non-hydrogen) atoms. The van der Waals surface area contributed by atoms with E-state index in [-0.39, 0.29) is 23.2 Å². The lowest BCUT2D eigenvalue weighted by Gasteiger charge is -2.40. The second-order valence-electron chi connectivity index (χ2n) is 6.28. The molecule has 3 atom stereocenters. The highest BCUT2D eigenvalue weighted by Gasteiger charge is 2.40. The van der Waals surface area contributed by atoms with Crippen molar-refractivity contribution in [3.8, 4) is 0 Å². The molecule has 0 spiro atoms. The van der Waals surface area contributed by atoms with Crippen LogP contribution in [0, 0.1) is 5.92 Å². The summed E-state index contributed by atoms with van der Waals surface area (Å²) in [7, 11) is -0.166. The molecule has 0 heterocycles. The van der Waals surface area contributed by atoms with Gasteiger partial charge in [0.05, 0.1) is 12.2 Å². The normalized spacial score (nSPS) is 18.6. The van der Waals surface area contributed by atoms with E-state index in [1.165, 1.54) is 0 Å². The van der Waals surface area contributed by atoms with Gasteiger partial charge < -0.3 is 14.0 Å². The van der Waals surface area contributed by atoms with Gasteiger partial charge in [-0.15, -0.1) is 0 Å². The Morgan fingerprint density at radius 1 is 1.18 bits per heavy atom. The highest BCUT2D eigenvalue weighted by atomic mass is 28.4. The van der Waals surface area contributed by atoms with E-state index in [0.717, 1.165) is 6.29 Å². The number of carbonyl (C=O) groups is 1. The molecule has 0 unspecified atom stereocenters. The summed E-state index contributed by atoms with van der Waals surface area (Å²) in [5, 5.41) is 0.171. The minimum atomic E-state index is -1.80. The summed E-state index contributed by atoms with van der Waals surface area (Å²) in [5.74, 6) is -0.139. The van der Waals surface area contributed by atoms with E-state index in [0.29, 0.717) is 0 Å². The first-order chi connectivity index (χ1) is 7.56. The van der Waals surface area contributed by atoms with Gasteiger partial charge in [0.25, 0.3) is 0 Å². The van der Waals surface area contributed by atoms with Gasteiger partial charge in [-0.05, 0) is 25.1 Å². The predicted molar refractivity (Wildman–Crippen MR) is 73.8 cm³/mol. The summed E-state index contributed by atoms with van der Waals surface area (Å²) in [5.41, 5.74) is 0. The third-order valence-electron chi connectivity index (χ3n) is 3.75. The van der Waals surface area contributed by atoms with Crippen molar-refractivity contribution >= 4 is 14.6 Å². The maximum Gasteiger partial charge on any atom is 0.192 e. The van der Waals surface area contributed by atoms with Crippen molar-refractivity contribution in [2.24, 2.45) is 5.92 Å². The zero-order valence-electron chi connectivity index (χ0n) is 12.5. The van der Waals surface area contributed by atoms with Gasteiger partial charge in [-0.1, -0.05) is 27.7 Å². The molecule has 0 rings (SSSR count). The van der Waals surface area contributed by atoms with Crippen LogP contribution in [0.15, 0.2) is 0 Å². The molecule has 0 N–H and O–H groups in total. The molecule has 0 aliphatic heterocycles. The van der Waals surface area contributed by atoms with Crippen molar-refractivity contribution in [2.45, 2.75) is 65.0 Å². The molecule has 0 aromatic rings. The van der Waals surface area contributed by atoms with Crippen molar-refractivity contribution < 1.29 is 14.0 Å². The number of hydrogen-bond acceptors (Lipinski definition) is 3. The van der Waals surface area contributed by atoms with E-state index in [1.54, 1.807) is 7.11 Å². The smallest absolute Gasteiger partial charge is 0.192 e. The van der Waals surface area contributed by atoms with E-state index in [4.69, 9.17) is 9.16 Å². The summed E-state index contributed by atoms with van der Waals surface area (Å²) in [6, 6.07) is 0. The summed E-state index contributed by atoms with van der Waals surface area (Å²) in [4.78, 5) is 10.8. The topological polar surface area (TPSA) is 35.5 Å². The number of hydrogen-bond donors (Lipinski definition) is 0. The van der Waals surface area contributed by atoms with Crippen LogP contribution >= 0.6 is 0 Å². The molecule has 0 saturated heterocycles. The third kappa shape index (κ3) is 4.52. The summed E-state index contributed by atoms with van der Waals surface area (Å²) >= 11 is 0. The second kappa shape index (κ2) is 6.11. The fourth-order valence-corrected chi connectivity index (χ4v) is 3.04. The standard InChI is InChI=1S/C13H28O3Si/c1-10(9-14)12(15-6)11(2)16-17(7,8)13(3,4)5/h9-12H,1-8H3/t10-,11-,12+/m0/s1. The molecular formula is C13H28O3Si. The van der Waals surface area contributed by atoms with E-state index >= 15 is 0 Å². The SMILES string of the molecule is CO[C@@H]([C@H](C)O[Si](C)(C)C(C)(C)C)[C@@H](C)C=O. The predicted octanol–water partition coefficient (Wildman–Crippen LogP) is 3.25. The zero-order chi connectivity index (χ0) is 13.9. The van der Waals surface area contributed by atoms with Gasteiger partial charge in [0.15, 0.2) is 8.32 Å². The average molecular weight is 260 g/mol. The molecule has 3 nitrogen and oxygen atoms in total. The van der Waals surface area contributed by atoms with Crippen LogP contribution in [0.4, 0.5) is 0 Å². The van der Waals surface area contributed by atoms with Gasteiger partial charge in [-0.25, -0.2) is 0 Å². The number of rotatable bonds is 6. The molecule has 102 valence electrons. The first-order valence-corrected chi connectivity index (χ1v) is 9.13. The van der Waals surface area contributed by atoms with E-state index in [2.05, 4.69) is 33.9 Å². The number of methoxy groups -OCH3 is 1. The van der Waals surface area contributed by atoms with Crippen LogP contribution in [0.2, 0.25) is 18.1 Å². The Morgan fingerprint density at radius 3 is 1.94 bits per heavy atom. The molecule has 0 bridgehead atoms. The highest BCUT2D eigenvalue weighted by molar-refractivity contribution is 6.74. The van der Waals surface area contributed by atoms with Crippen LogP contribution < -0.4 is 0 Å². The number of aldehydes is 1. The second-order valence-corrected chi connectivity index (χ2v) is 11.0. The molecule has 0 aliphatic rings. The minimum absolute atomic E-state index is 0.0545. The van der Waals surface area contributed by atoms with Crippen LogP contribution in [-0.4, -0.2) is 33.9 Å². The van der Waals surface area contributed by atoms with E-state index < -0.39 is 8.32 Å². The third-order valence-corrected chi connectivity index (χ3v) is 8.33. The zero-order valence-corrected chi connectivity index (χ0v) is 13.5. The lowest BCUT2D eigenvalue weighted by Crippen LogP contribution is -2.48. The van der Waals surface area contributed by atoms with Gasteiger partial charge in [-0.3, -0.25) is 0 Å². The largest absolute Gasteiger partial charge is 0.412 e. The Labute approximate surface area is 107 Å². The van der Waals surface area contributed by atoms with Gasteiger partial charge in [0.1, 0.15) is 6.29 Å². The van der Waals surface area contributed by atoms with Crippen LogP contribution in [-0.2, 0) is 14.0 Å². The first-order valence-electron chi connectivity index (χ1n) is 6.22. The van der Waals surface area contributed by atoms with Crippen molar-refractivity contribution in [1.29, 1.82) is 0 Å². The Hall–Kier alpha value is -0.193. The highest BCUT2D eigenvalue weighted by Crippen LogP contribution is 2.38. The van der Waals surface area contributed by atoms with Crippen molar-refractivity contribution in [1.82, 2.24) is 0 Å². The van der Waals surface area contributed by atoms with Crippen molar-refractivity contribution in [3.05, 3.63) is 0 Å². The maximum atomic E-state index is 10.8. The monoisotopic (exact) mass is 260 g/mol. The van der Waals surface area contributed by atoms with Crippen LogP contribution in [0.5, 0.6) is 0 Å². The minimum Gasteiger partial charge on any atom is -0.412 e. The molecule has 0 saturated carbocycles. The van der Waals surface area contributed by atoms with Gasteiger partial charge in [-0.2, -0.15) is 0 Å². The molecule has 0 aromatic heterocycles. The van der Waals surface area contributed by atoms with Gasteiger partial charge in [0.2, 0.25) is 0 Å². The van der Waals surface area contributed by atoms with Gasteiger partial charge in [0, 0.05) is 13.0 Å². The van der Waals surface area contributed by atoms with Gasteiger partial charge >= 0.3 is 0 Å². The summed E-state index contributed by atoms with van der Waals surface area (Å²) in [6.45, 7) is 14.9. The Kier molecular flexibility index (Phi) is 6.05. The molecule has 0 fully saturated rings. The van der Waals surface area contributed by atoms with Crippen LogP contribution in [0.3, 0.4) is 0 Å². The van der Waals surface area contributed by atoms with Crippen molar-refractivity contribution in [2.75, 3.05) is 7.11 Å². The van der Waals surface area contributed by atoms with E-state index in [1.807, 2.05) is 13.8 Å². The molecule has 4 heteroatoms. The lowest BCUT2D eigenvalue weighted by atomic mass is 10.0. The fraction of sp³-hybridized carbons (Fsp3) is 0.923. The van der Waals surface area contributed by atoms with Crippen LogP contribution in [0.1, 0.15) is 34.6 Å². The lowest BCUT2D eigenvalue weighted by molar-refractivity contribution is -0.117. The molecular weight excluding hydrogens is 232 g/mol. The fourth-order valence-electron chi connectivity index (χ4n) is 1.62. The van der Waals surface area contributed by atoms with Crippen LogP contribution in [0.25, 0.3) is 0 Å². The quantitative estimate of drug-likeness (QED) is 0.543. The average Bonchev–Trinajstić information content (AvgIpc) is 2.15.